The summed E-state index contributed by atoms with van der Waals surface area (Å²) in [6.45, 7) is 1.13. The second-order valence-corrected chi connectivity index (χ2v) is 2.81. The number of hydrogen-bond donors (Lipinski definition) is 1. The second kappa shape index (κ2) is 7.14. The average molecular weight is 190 g/mol. The Morgan fingerprint density at radius 2 is 1.93 bits per heavy atom. The van der Waals surface area contributed by atoms with Gasteiger partial charge in [0.25, 0.3) is 0 Å². The quantitative estimate of drug-likeness (QED) is 0.577. The summed E-state index contributed by atoms with van der Waals surface area (Å²) >= 11 is 0. The molecule has 0 fully saturated rings. The van der Waals surface area contributed by atoms with E-state index in [1.165, 1.54) is 0 Å². The largest absolute Gasteiger partial charge is 0.395 e. The summed E-state index contributed by atoms with van der Waals surface area (Å²) in [5, 5.41) is 8.46. The molecular weight excluding hydrogens is 176 g/mol. The number of aliphatic hydroxyl groups excluding tert-OH is 1. The molecule has 2 nitrogen and oxygen atoms in total. The highest BCUT2D eigenvalue weighted by Crippen LogP contribution is 1.99. The van der Waals surface area contributed by atoms with Crippen LogP contribution in [0.15, 0.2) is 30.3 Å². The first-order valence-corrected chi connectivity index (χ1v) is 4.61. The molecule has 0 saturated carbocycles. The monoisotopic (exact) mass is 190 g/mol. The number of benzene rings is 1. The Morgan fingerprint density at radius 1 is 1.14 bits per heavy atom. The summed E-state index contributed by atoms with van der Waals surface area (Å²) in [6, 6.07) is 9.97. The van der Waals surface area contributed by atoms with Crippen molar-refractivity contribution in [2.24, 2.45) is 0 Å². The van der Waals surface area contributed by atoms with Crippen molar-refractivity contribution in [3.8, 4) is 11.8 Å². The van der Waals surface area contributed by atoms with Crippen molar-refractivity contribution in [2.75, 3.05) is 13.2 Å². The Hall–Kier alpha value is -1.30. The van der Waals surface area contributed by atoms with Crippen LogP contribution < -0.4 is 0 Å². The number of ether oxygens (including phenoxy) is 1. The Balaban J connectivity index is 2.14. The lowest BCUT2D eigenvalue weighted by Crippen LogP contribution is -1.92. The van der Waals surface area contributed by atoms with Gasteiger partial charge in [-0.1, -0.05) is 42.2 Å². The van der Waals surface area contributed by atoms with Gasteiger partial charge in [0.15, 0.2) is 0 Å². The van der Waals surface area contributed by atoms with Crippen LogP contribution in [0.4, 0.5) is 0 Å². The molecule has 0 spiro atoms. The standard InChI is InChI=1S/C12H14O2/c13-9-5-2-6-10-14-11-12-7-3-1-4-8-12/h1,3-4,7-8,13H,5,9-11H2. The van der Waals surface area contributed by atoms with Crippen molar-refractivity contribution >= 4 is 0 Å². The van der Waals surface area contributed by atoms with Gasteiger partial charge in [0.2, 0.25) is 0 Å². The van der Waals surface area contributed by atoms with E-state index in [1.807, 2.05) is 30.3 Å². The Morgan fingerprint density at radius 3 is 2.64 bits per heavy atom. The summed E-state index contributed by atoms with van der Waals surface area (Å²) in [6.07, 6.45) is 0.523. The minimum atomic E-state index is 0.117. The van der Waals surface area contributed by atoms with Crippen LogP contribution in [0.5, 0.6) is 0 Å². The molecular formula is C12H14O2. The molecule has 74 valence electrons. The Kier molecular flexibility index (Phi) is 5.49. The molecule has 0 atom stereocenters. The van der Waals surface area contributed by atoms with E-state index in [0.29, 0.717) is 19.6 Å². The fraction of sp³-hybridized carbons (Fsp3) is 0.333. The van der Waals surface area contributed by atoms with Gasteiger partial charge in [0.1, 0.15) is 6.61 Å². The van der Waals surface area contributed by atoms with Crippen LogP contribution >= 0.6 is 0 Å². The van der Waals surface area contributed by atoms with Gasteiger partial charge in [-0.05, 0) is 5.56 Å². The maximum absolute atomic E-state index is 8.46. The molecule has 0 aliphatic rings. The third-order valence-corrected chi connectivity index (χ3v) is 1.65. The molecule has 0 aromatic heterocycles. The Bertz CT molecular complexity index is 295. The molecule has 0 aliphatic carbocycles. The molecule has 2 heteroatoms. The van der Waals surface area contributed by atoms with Gasteiger partial charge in [-0.3, -0.25) is 0 Å². The summed E-state index contributed by atoms with van der Waals surface area (Å²) in [5.74, 6) is 5.62. The fourth-order valence-electron chi connectivity index (χ4n) is 0.989. The molecule has 1 rings (SSSR count). The Labute approximate surface area is 84.5 Å². The lowest BCUT2D eigenvalue weighted by molar-refractivity contribution is 0.153. The van der Waals surface area contributed by atoms with Crippen molar-refractivity contribution in [1.29, 1.82) is 0 Å². The van der Waals surface area contributed by atoms with Crippen LogP contribution in [-0.4, -0.2) is 18.3 Å². The van der Waals surface area contributed by atoms with E-state index >= 15 is 0 Å². The maximum atomic E-state index is 8.46. The molecule has 14 heavy (non-hydrogen) atoms. The molecule has 0 heterocycles. The highest BCUT2D eigenvalue weighted by atomic mass is 16.5. The summed E-state index contributed by atoms with van der Waals surface area (Å²) in [4.78, 5) is 0. The first-order valence-electron chi connectivity index (χ1n) is 4.61. The molecule has 0 amide bonds. The number of rotatable bonds is 4. The van der Waals surface area contributed by atoms with Crippen LogP contribution in [0.1, 0.15) is 12.0 Å². The lowest BCUT2D eigenvalue weighted by atomic mass is 10.2. The van der Waals surface area contributed by atoms with Gasteiger partial charge in [0.05, 0.1) is 13.2 Å². The zero-order valence-electron chi connectivity index (χ0n) is 8.07. The second-order valence-electron chi connectivity index (χ2n) is 2.81. The predicted molar refractivity (Wildman–Crippen MR) is 55.6 cm³/mol. The lowest BCUT2D eigenvalue weighted by Gasteiger charge is -1.98. The summed E-state index contributed by atoms with van der Waals surface area (Å²) in [7, 11) is 0. The van der Waals surface area contributed by atoms with Gasteiger partial charge >= 0.3 is 0 Å². The molecule has 1 N–H and O–H groups in total. The third-order valence-electron chi connectivity index (χ3n) is 1.65. The maximum Gasteiger partial charge on any atom is 0.108 e. The van der Waals surface area contributed by atoms with E-state index in [0.717, 1.165) is 5.56 Å². The number of aliphatic hydroxyl groups is 1. The van der Waals surface area contributed by atoms with E-state index in [1.54, 1.807) is 0 Å². The van der Waals surface area contributed by atoms with Crippen molar-refractivity contribution in [3.63, 3.8) is 0 Å². The van der Waals surface area contributed by atoms with E-state index in [9.17, 15) is 0 Å². The van der Waals surface area contributed by atoms with Gasteiger partial charge in [0, 0.05) is 6.42 Å². The minimum Gasteiger partial charge on any atom is -0.395 e. The fourth-order valence-corrected chi connectivity index (χ4v) is 0.989. The molecule has 0 radical (unpaired) electrons. The smallest absolute Gasteiger partial charge is 0.108 e. The zero-order chi connectivity index (χ0) is 10.1. The predicted octanol–water partition coefficient (Wildman–Crippen LogP) is 1.59. The molecule has 1 aromatic carbocycles. The van der Waals surface area contributed by atoms with Crippen molar-refractivity contribution < 1.29 is 9.84 Å². The van der Waals surface area contributed by atoms with Crippen LogP contribution in [0.2, 0.25) is 0 Å². The molecule has 0 aliphatic heterocycles. The van der Waals surface area contributed by atoms with E-state index in [2.05, 4.69) is 11.8 Å². The van der Waals surface area contributed by atoms with E-state index in [-0.39, 0.29) is 6.61 Å². The first kappa shape index (κ1) is 10.8. The van der Waals surface area contributed by atoms with Crippen LogP contribution in [0, 0.1) is 11.8 Å². The van der Waals surface area contributed by atoms with Crippen LogP contribution in [0.3, 0.4) is 0 Å². The molecule has 0 unspecified atom stereocenters. The molecule has 0 saturated heterocycles. The zero-order valence-corrected chi connectivity index (χ0v) is 8.07. The number of hydrogen-bond acceptors (Lipinski definition) is 2. The molecule has 1 aromatic rings. The van der Waals surface area contributed by atoms with Crippen LogP contribution in [-0.2, 0) is 11.3 Å². The highest BCUT2D eigenvalue weighted by Gasteiger charge is 1.88. The normalized spacial score (nSPS) is 9.21. The van der Waals surface area contributed by atoms with Gasteiger partial charge < -0.3 is 9.84 Å². The van der Waals surface area contributed by atoms with Crippen LogP contribution in [0.25, 0.3) is 0 Å². The minimum absolute atomic E-state index is 0.117. The third kappa shape index (κ3) is 4.66. The van der Waals surface area contributed by atoms with Gasteiger partial charge in [-0.15, -0.1) is 0 Å². The summed E-state index contributed by atoms with van der Waals surface area (Å²) < 4.78 is 5.31. The van der Waals surface area contributed by atoms with Crippen molar-refractivity contribution in [1.82, 2.24) is 0 Å². The van der Waals surface area contributed by atoms with Crippen molar-refractivity contribution in [2.45, 2.75) is 13.0 Å². The van der Waals surface area contributed by atoms with Gasteiger partial charge in [-0.25, -0.2) is 0 Å². The summed E-state index contributed by atoms with van der Waals surface area (Å²) in [5.41, 5.74) is 1.15. The SMILES string of the molecule is OCCC#CCOCc1ccccc1. The van der Waals surface area contributed by atoms with Gasteiger partial charge in [-0.2, -0.15) is 0 Å². The topological polar surface area (TPSA) is 29.5 Å². The highest BCUT2D eigenvalue weighted by molar-refractivity contribution is 5.13. The average Bonchev–Trinajstić information content (AvgIpc) is 2.25. The van der Waals surface area contributed by atoms with E-state index in [4.69, 9.17) is 9.84 Å². The first-order chi connectivity index (χ1) is 6.93. The molecule has 0 bridgehead atoms. The van der Waals surface area contributed by atoms with E-state index < -0.39 is 0 Å². The van der Waals surface area contributed by atoms with Crippen molar-refractivity contribution in [3.05, 3.63) is 35.9 Å².